The highest BCUT2D eigenvalue weighted by Crippen LogP contribution is 2.36. The average molecular weight is 717 g/mol. The molecule has 4 heterocycles. The Labute approximate surface area is 307 Å². The zero-order valence-electron chi connectivity index (χ0n) is 29.6. The van der Waals surface area contributed by atoms with Crippen molar-refractivity contribution in [2.24, 2.45) is 0 Å². The smallest absolute Gasteiger partial charge is 0.410 e. The number of carbonyl (C=O) groups is 2. The van der Waals surface area contributed by atoms with Gasteiger partial charge in [-0.3, -0.25) is 9.80 Å². The number of hydrogen-bond donors (Lipinski definition) is 2. The van der Waals surface area contributed by atoms with Crippen molar-refractivity contribution in [3.63, 3.8) is 0 Å². The fraction of sp³-hybridized carbons (Fsp3) is 0.421. The summed E-state index contributed by atoms with van der Waals surface area (Å²) in [6.45, 7) is 12.6. The molecule has 10 nitrogen and oxygen atoms in total. The van der Waals surface area contributed by atoms with Crippen LogP contribution in [-0.4, -0.2) is 66.2 Å². The van der Waals surface area contributed by atoms with Crippen molar-refractivity contribution >= 4 is 61.0 Å². The number of nitrogens with one attached hydrogen (secondary N) is 2. The number of imidazole rings is 2. The molecule has 0 bridgehead atoms. The van der Waals surface area contributed by atoms with Crippen molar-refractivity contribution in [1.29, 1.82) is 0 Å². The highest BCUT2D eigenvalue weighted by Gasteiger charge is 2.36. The van der Waals surface area contributed by atoms with E-state index in [1.807, 2.05) is 53.8 Å². The lowest BCUT2D eigenvalue weighted by Gasteiger charge is -2.27. The first-order chi connectivity index (χ1) is 22.8. The molecule has 0 spiro atoms. The van der Waals surface area contributed by atoms with E-state index in [4.69, 9.17) is 14.5 Å². The van der Waals surface area contributed by atoms with Gasteiger partial charge in [-0.2, -0.15) is 27.0 Å². The number of fused-ring (bicyclic) bond motifs is 2. The lowest BCUT2D eigenvalue weighted by Crippen LogP contribution is -2.36. The van der Waals surface area contributed by atoms with Gasteiger partial charge in [0, 0.05) is 18.7 Å². The first kappa shape index (κ1) is 37.1. The highest BCUT2D eigenvalue weighted by molar-refractivity contribution is 7.59. The second-order valence-electron chi connectivity index (χ2n) is 15.0. The molecule has 2 N–H and O–H groups in total. The molecule has 5 aromatic rings. The van der Waals surface area contributed by atoms with E-state index in [2.05, 4.69) is 63.5 Å². The van der Waals surface area contributed by atoms with Crippen LogP contribution in [0.5, 0.6) is 0 Å². The second-order valence-corrected chi connectivity index (χ2v) is 15.0. The third-order valence-electron chi connectivity index (χ3n) is 8.97. The molecule has 50 heavy (non-hydrogen) atoms. The Balaban J connectivity index is 0.00000243. The fourth-order valence-corrected chi connectivity index (χ4v) is 6.79. The minimum Gasteiger partial charge on any atom is -0.444 e. The summed E-state index contributed by atoms with van der Waals surface area (Å²) < 4.78 is 11.3. The molecule has 12 heteroatoms. The van der Waals surface area contributed by atoms with Gasteiger partial charge in [0.1, 0.15) is 22.9 Å². The Hall–Kier alpha value is -4.16. The Bertz CT molecular complexity index is 2010. The second kappa shape index (κ2) is 14.2. The lowest BCUT2D eigenvalue weighted by atomic mass is 9.99. The van der Waals surface area contributed by atoms with Crippen LogP contribution in [0.1, 0.15) is 91.0 Å². The average Bonchev–Trinajstić information content (AvgIpc) is 3.84. The molecule has 2 fully saturated rings. The monoisotopic (exact) mass is 716 g/mol. The summed E-state index contributed by atoms with van der Waals surface area (Å²) in [6, 6.07) is 18.9. The molecule has 0 aliphatic carbocycles. The van der Waals surface area contributed by atoms with Crippen molar-refractivity contribution < 1.29 is 19.1 Å². The van der Waals surface area contributed by atoms with Crippen LogP contribution in [0.2, 0.25) is 0 Å². The molecule has 2 aromatic heterocycles. The third-order valence-corrected chi connectivity index (χ3v) is 8.97. The fourth-order valence-electron chi connectivity index (χ4n) is 6.79. The van der Waals surface area contributed by atoms with Gasteiger partial charge in [-0.05, 0) is 113 Å². The topological polar surface area (TPSA) is 116 Å². The number of ether oxygens (including phenoxy) is 2. The van der Waals surface area contributed by atoms with Gasteiger partial charge < -0.3 is 19.4 Å². The van der Waals surface area contributed by atoms with Gasteiger partial charge >= 0.3 is 12.2 Å². The van der Waals surface area contributed by atoms with Gasteiger partial charge in [0.2, 0.25) is 0 Å². The van der Waals surface area contributed by atoms with E-state index in [9.17, 15) is 9.59 Å². The normalized spacial score (nSPS) is 17.9. The number of amides is 2. The molecule has 0 radical (unpaired) electrons. The summed E-state index contributed by atoms with van der Waals surface area (Å²) in [7, 11) is 0. The van der Waals surface area contributed by atoms with Gasteiger partial charge in [0.15, 0.2) is 0 Å². The molecule has 2 saturated heterocycles. The largest absolute Gasteiger partial charge is 0.444 e. The number of aromatic amines is 2. The van der Waals surface area contributed by atoms with Crippen molar-refractivity contribution in [2.75, 3.05) is 13.1 Å². The molecule has 3 aromatic carbocycles. The van der Waals surface area contributed by atoms with Crippen LogP contribution in [0.25, 0.3) is 44.2 Å². The van der Waals surface area contributed by atoms with Gasteiger partial charge in [-0.15, -0.1) is 0 Å². The molecule has 266 valence electrons. The van der Waals surface area contributed by atoms with Crippen molar-refractivity contribution in [1.82, 2.24) is 29.7 Å². The van der Waals surface area contributed by atoms with Crippen LogP contribution in [0.3, 0.4) is 0 Å². The minimum absolute atomic E-state index is 0. The number of benzene rings is 3. The molecule has 7 rings (SSSR count). The zero-order chi connectivity index (χ0) is 33.8. The number of hydrogen-bond acceptors (Lipinski definition) is 6. The summed E-state index contributed by atoms with van der Waals surface area (Å²) in [5.74, 6) is 1.58. The molecule has 2 aliphatic rings. The predicted molar refractivity (Wildman–Crippen MR) is 207 cm³/mol. The number of rotatable bonds is 4. The van der Waals surface area contributed by atoms with Crippen LogP contribution in [-0.2, 0) is 9.47 Å². The van der Waals surface area contributed by atoms with Crippen LogP contribution in [0.15, 0.2) is 60.8 Å². The zero-order valence-corrected chi connectivity index (χ0v) is 31.6. The maximum absolute atomic E-state index is 12.9. The van der Waals surface area contributed by atoms with E-state index in [0.29, 0.717) is 13.1 Å². The van der Waals surface area contributed by atoms with Gasteiger partial charge in [0.05, 0.1) is 35.0 Å². The summed E-state index contributed by atoms with van der Waals surface area (Å²) in [5, 5.41) is 2.25. The summed E-state index contributed by atoms with van der Waals surface area (Å²) in [6.07, 6.45) is 4.79. The number of carbonyl (C=O) groups excluding carboxylic acids is 2. The van der Waals surface area contributed by atoms with Crippen molar-refractivity contribution in [3.05, 3.63) is 72.4 Å². The molecule has 0 saturated carbocycles. The van der Waals surface area contributed by atoms with E-state index in [0.717, 1.165) is 81.5 Å². The van der Waals surface area contributed by atoms with Gasteiger partial charge in [-0.1, -0.05) is 30.3 Å². The molecule has 2 aliphatic heterocycles. The third kappa shape index (κ3) is 7.76. The first-order valence-electron chi connectivity index (χ1n) is 16.9. The molecular weight excluding hydrogens is 669 g/mol. The minimum atomic E-state index is -0.542. The first-order valence-corrected chi connectivity index (χ1v) is 16.9. The van der Waals surface area contributed by atoms with Crippen LogP contribution in [0, 0.1) is 0 Å². The van der Waals surface area contributed by atoms with Crippen LogP contribution in [0.4, 0.5) is 9.59 Å². The van der Waals surface area contributed by atoms with E-state index < -0.39 is 11.2 Å². The summed E-state index contributed by atoms with van der Waals surface area (Å²) in [4.78, 5) is 45.8. The van der Waals surface area contributed by atoms with Crippen LogP contribution < -0.4 is 0 Å². The summed E-state index contributed by atoms with van der Waals surface area (Å²) >= 11 is 0. The quantitative estimate of drug-likeness (QED) is 0.192. The van der Waals surface area contributed by atoms with Gasteiger partial charge in [0.25, 0.3) is 0 Å². The Kier molecular flexibility index (Phi) is 10.6. The van der Waals surface area contributed by atoms with E-state index in [1.54, 1.807) is 9.80 Å². The standard InChI is InChI=1S/C38H44N6O4.2H2S/c1-37(2,3)47-35(45)43-17-7-9-31(43)33-39-22-30(42-33)27-14-13-23-19-24(11-12-25(23)20-27)26-15-16-28-29(21-26)41-34(40-28)32-10-8-18-44(32)36(46)48-38(4,5)6;;/h11-16,19-22,31-32H,7-10,17-18H2,1-6H3,(H,39,42)(H,40,41);2*1H2/t31-,32-;;/m0../s1. The number of H-pyrrole nitrogens is 2. The highest BCUT2D eigenvalue weighted by atomic mass is 32.1. The molecular formula is C38H48N6O4S2. The number of likely N-dealkylation sites (tertiary alicyclic amines) is 2. The maximum atomic E-state index is 12.9. The van der Waals surface area contributed by atoms with E-state index in [1.165, 1.54) is 0 Å². The molecule has 2 atom stereocenters. The SMILES string of the molecule is CC(C)(C)OC(=O)N1CCC[C@H]1c1ncc(-c2ccc3cc(-c4ccc5nc([C@@H]6CCCN6C(=O)OC(C)(C)C)[nH]c5c4)ccc3c2)[nH]1.S.S. The summed E-state index contributed by atoms with van der Waals surface area (Å²) in [5.41, 5.74) is 4.88. The van der Waals surface area contributed by atoms with Crippen molar-refractivity contribution in [3.8, 4) is 22.4 Å². The van der Waals surface area contributed by atoms with Gasteiger partial charge in [-0.25, -0.2) is 19.6 Å². The van der Waals surface area contributed by atoms with E-state index in [-0.39, 0.29) is 51.3 Å². The number of aromatic nitrogens is 4. The Morgan fingerprint density at radius 2 is 1.22 bits per heavy atom. The Morgan fingerprint density at radius 3 is 1.82 bits per heavy atom. The lowest BCUT2D eigenvalue weighted by molar-refractivity contribution is 0.0208. The Morgan fingerprint density at radius 1 is 0.700 bits per heavy atom. The molecule has 2 amide bonds. The number of nitrogens with zero attached hydrogens (tertiary/aromatic N) is 4. The van der Waals surface area contributed by atoms with E-state index >= 15 is 0 Å². The van der Waals surface area contributed by atoms with Crippen LogP contribution >= 0.6 is 27.0 Å². The maximum Gasteiger partial charge on any atom is 0.410 e. The predicted octanol–water partition coefficient (Wildman–Crippen LogP) is 9.14. The molecule has 0 unspecified atom stereocenters. The van der Waals surface area contributed by atoms with Crippen molar-refractivity contribution in [2.45, 2.75) is 90.5 Å².